The van der Waals surface area contributed by atoms with E-state index >= 15 is 0 Å². The van der Waals surface area contributed by atoms with Gasteiger partial charge in [0, 0.05) is 17.5 Å². The van der Waals surface area contributed by atoms with E-state index in [1.165, 1.54) is 12.1 Å². The van der Waals surface area contributed by atoms with Gasteiger partial charge in [0.1, 0.15) is 16.3 Å². The average molecular weight is 262 g/mol. The summed E-state index contributed by atoms with van der Waals surface area (Å²) in [6.07, 6.45) is 1.83. The van der Waals surface area contributed by atoms with E-state index in [0.29, 0.717) is 4.64 Å². The van der Waals surface area contributed by atoms with Crippen molar-refractivity contribution in [2.24, 2.45) is 0 Å². The number of nitrogens with zero attached hydrogens (tertiary/aromatic N) is 1. The van der Waals surface area contributed by atoms with Crippen LogP contribution in [0.15, 0.2) is 24.3 Å². The first kappa shape index (κ1) is 12.9. The third kappa shape index (κ3) is 2.64. The maximum atomic E-state index is 13.3. The van der Waals surface area contributed by atoms with Crippen LogP contribution in [-0.4, -0.2) is 9.97 Å². The molecule has 0 aliphatic heterocycles. The van der Waals surface area contributed by atoms with Crippen LogP contribution in [0, 0.1) is 17.4 Å². The zero-order valence-corrected chi connectivity index (χ0v) is 11.3. The van der Waals surface area contributed by atoms with E-state index in [1.807, 2.05) is 13.0 Å². The zero-order chi connectivity index (χ0) is 13.1. The number of aromatic amines is 1. The second kappa shape index (κ2) is 5.40. The van der Waals surface area contributed by atoms with E-state index in [4.69, 9.17) is 12.2 Å². The first-order valence-corrected chi connectivity index (χ1v) is 6.38. The summed E-state index contributed by atoms with van der Waals surface area (Å²) in [7, 11) is 0. The summed E-state index contributed by atoms with van der Waals surface area (Å²) in [6, 6.07) is 6.50. The standard InChI is InChI=1S/C14H15FN2S/c1-3-5-12-16-13(9(2)14(18)17-12)10-6-4-7-11(15)8-10/h4,6-8H,3,5H2,1-2H3,(H,16,17,18). The van der Waals surface area contributed by atoms with Crippen LogP contribution in [0.1, 0.15) is 24.7 Å². The normalized spacial score (nSPS) is 10.6. The van der Waals surface area contributed by atoms with Gasteiger partial charge in [-0.25, -0.2) is 9.37 Å². The van der Waals surface area contributed by atoms with Crippen molar-refractivity contribution in [2.75, 3.05) is 0 Å². The molecule has 0 bridgehead atoms. The molecule has 2 nitrogen and oxygen atoms in total. The Morgan fingerprint density at radius 3 is 2.83 bits per heavy atom. The van der Waals surface area contributed by atoms with Gasteiger partial charge >= 0.3 is 0 Å². The molecule has 0 saturated heterocycles. The molecule has 0 spiro atoms. The van der Waals surface area contributed by atoms with Gasteiger partial charge in [-0.1, -0.05) is 31.3 Å². The van der Waals surface area contributed by atoms with Gasteiger partial charge in [0.15, 0.2) is 0 Å². The minimum Gasteiger partial charge on any atom is -0.343 e. The van der Waals surface area contributed by atoms with Crippen molar-refractivity contribution in [1.29, 1.82) is 0 Å². The molecule has 94 valence electrons. The average Bonchev–Trinajstić information content (AvgIpc) is 2.34. The molecule has 0 aliphatic carbocycles. The Kier molecular flexibility index (Phi) is 3.87. The second-order valence-corrected chi connectivity index (χ2v) is 4.64. The number of nitrogens with one attached hydrogen (secondary N) is 1. The third-order valence-electron chi connectivity index (χ3n) is 2.80. The van der Waals surface area contributed by atoms with Crippen LogP contribution in [0.2, 0.25) is 0 Å². The van der Waals surface area contributed by atoms with Gasteiger partial charge in [0.2, 0.25) is 0 Å². The van der Waals surface area contributed by atoms with E-state index in [0.717, 1.165) is 35.5 Å². The Morgan fingerprint density at radius 2 is 2.17 bits per heavy atom. The molecule has 1 heterocycles. The lowest BCUT2D eigenvalue weighted by molar-refractivity contribution is 0.628. The molecule has 1 aromatic carbocycles. The summed E-state index contributed by atoms with van der Waals surface area (Å²) in [5.41, 5.74) is 2.55. The maximum absolute atomic E-state index is 13.3. The summed E-state index contributed by atoms with van der Waals surface area (Å²) in [4.78, 5) is 7.59. The predicted octanol–water partition coefficient (Wildman–Crippen LogP) is 4.21. The van der Waals surface area contributed by atoms with Gasteiger partial charge in [0.05, 0.1) is 5.69 Å². The smallest absolute Gasteiger partial charge is 0.133 e. The maximum Gasteiger partial charge on any atom is 0.133 e. The SMILES string of the molecule is CCCc1nc(=S)c(C)c(-c2cccc(F)c2)[nH]1. The summed E-state index contributed by atoms with van der Waals surface area (Å²) in [6.45, 7) is 3.99. The molecule has 1 N–H and O–H groups in total. The lowest BCUT2D eigenvalue weighted by Crippen LogP contribution is -2.00. The van der Waals surface area contributed by atoms with E-state index < -0.39 is 0 Å². The van der Waals surface area contributed by atoms with Gasteiger partial charge in [-0.05, 0) is 25.5 Å². The Morgan fingerprint density at radius 1 is 1.39 bits per heavy atom. The summed E-state index contributed by atoms with van der Waals surface area (Å²) >= 11 is 5.25. The van der Waals surface area contributed by atoms with Crippen molar-refractivity contribution in [1.82, 2.24) is 9.97 Å². The van der Waals surface area contributed by atoms with E-state index in [-0.39, 0.29) is 5.82 Å². The Hall–Kier alpha value is -1.55. The van der Waals surface area contributed by atoms with Crippen LogP contribution in [0.25, 0.3) is 11.3 Å². The minimum atomic E-state index is -0.250. The number of hydrogen-bond donors (Lipinski definition) is 1. The Labute approximate surface area is 111 Å². The van der Waals surface area contributed by atoms with Gasteiger partial charge in [-0.15, -0.1) is 0 Å². The predicted molar refractivity (Wildman–Crippen MR) is 73.5 cm³/mol. The molecule has 0 atom stereocenters. The van der Waals surface area contributed by atoms with Crippen molar-refractivity contribution in [3.63, 3.8) is 0 Å². The van der Waals surface area contributed by atoms with Crippen LogP contribution in [0.5, 0.6) is 0 Å². The highest BCUT2D eigenvalue weighted by Crippen LogP contribution is 2.22. The molecule has 1 aromatic heterocycles. The van der Waals surface area contributed by atoms with Gasteiger partial charge < -0.3 is 4.98 Å². The molecule has 0 saturated carbocycles. The number of halogens is 1. The van der Waals surface area contributed by atoms with Gasteiger partial charge in [0.25, 0.3) is 0 Å². The molecule has 18 heavy (non-hydrogen) atoms. The number of aryl methyl sites for hydroxylation is 1. The molecule has 0 aliphatic rings. The first-order valence-electron chi connectivity index (χ1n) is 5.97. The van der Waals surface area contributed by atoms with Crippen LogP contribution in [0.3, 0.4) is 0 Å². The van der Waals surface area contributed by atoms with Crippen molar-refractivity contribution in [3.05, 3.63) is 46.1 Å². The van der Waals surface area contributed by atoms with Crippen molar-refractivity contribution < 1.29 is 4.39 Å². The van der Waals surface area contributed by atoms with Gasteiger partial charge in [-0.2, -0.15) is 0 Å². The Balaban J connectivity index is 2.59. The molecule has 0 radical (unpaired) electrons. The zero-order valence-electron chi connectivity index (χ0n) is 10.5. The highest BCUT2D eigenvalue weighted by Gasteiger charge is 2.07. The van der Waals surface area contributed by atoms with Crippen molar-refractivity contribution in [2.45, 2.75) is 26.7 Å². The topological polar surface area (TPSA) is 28.7 Å². The van der Waals surface area contributed by atoms with E-state index in [2.05, 4.69) is 16.9 Å². The van der Waals surface area contributed by atoms with Crippen LogP contribution in [0.4, 0.5) is 4.39 Å². The molecule has 0 unspecified atom stereocenters. The van der Waals surface area contributed by atoms with Gasteiger partial charge in [-0.3, -0.25) is 0 Å². The molecule has 2 aromatic rings. The number of H-pyrrole nitrogens is 1. The largest absolute Gasteiger partial charge is 0.343 e. The molecular formula is C14H15FN2S. The van der Waals surface area contributed by atoms with E-state index in [1.54, 1.807) is 6.07 Å². The fraction of sp³-hybridized carbons (Fsp3) is 0.286. The number of aromatic nitrogens is 2. The summed E-state index contributed by atoms with van der Waals surface area (Å²) in [5.74, 6) is 0.604. The van der Waals surface area contributed by atoms with E-state index in [9.17, 15) is 4.39 Å². The molecule has 2 rings (SSSR count). The Bertz CT molecular complexity index is 619. The quantitative estimate of drug-likeness (QED) is 0.839. The highest BCUT2D eigenvalue weighted by molar-refractivity contribution is 7.71. The molecule has 0 amide bonds. The van der Waals surface area contributed by atoms with Crippen LogP contribution in [-0.2, 0) is 6.42 Å². The molecule has 0 fully saturated rings. The first-order chi connectivity index (χ1) is 8.61. The molecule has 4 heteroatoms. The number of hydrogen-bond acceptors (Lipinski definition) is 2. The number of rotatable bonds is 3. The lowest BCUT2D eigenvalue weighted by atomic mass is 10.1. The van der Waals surface area contributed by atoms with Crippen molar-refractivity contribution in [3.8, 4) is 11.3 Å². The lowest BCUT2D eigenvalue weighted by Gasteiger charge is -2.09. The van der Waals surface area contributed by atoms with Crippen LogP contribution < -0.4 is 0 Å². The van der Waals surface area contributed by atoms with Crippen molar-refractivity contribution >= 4 is 12.2 Å². The fourth-order valence-electron chi connectivity index (χ4n) is 1.87. The summed E-state index contributed by atoms with van der Waals surface area (Å²) < 4.78 is 13.9. The highest BCUT2D eigenvalue weighted by atomic mass is 32.1. The second-order valence-electron chi connectivity index (χ2n) is 4.25. The third-order valence-corrected chi connectivity index (χ3v) is 3.20. The monoisotopic (exact) mass is 262 g/mol. The minimum absolute atomic E-state index is 0.250. The van der Waals surface area contributed by atoms with Crippen LogP contribution >= 0.6 is 12.2 Å². The number of benzene rings is 1. The molecular weight excluding hydrogens is 247 g/mol. The summed E-state index contributed by atoms with van der Waals surface area (Å²) in [5, 5.41) is 0. The fourth-order valence-corrected chi connectivity index (χ4v) is 2.08.